The van der Waals surface area contributed by atoms with E-state index in [1.54, 1.807) is 36.7 Å². The normalized spacial score (nSPS) is 13.8. The number of rotatable bonds is 7. The number of hydrogen-bond acceptors (Lipinski definition) is 10. The van der Waals surface area contributed by atoms with Crippen LogP contribution < -0.4 is 10.6 Å². The van der Waals surface area contributed by atoms with E-state index in [2.05, 4.69) is 36.9 Å². The number of benzene rings is 2. The molecule has 0 saturated carbocycles. The van der Waals surface area contributed by atoms with E-state index >= 15 is 0 Å². The smallest absolute Gasteiger partial charge is 0.180 e. The van der Waals surface area contributed by atoms with Crippen molar-refractivity contribution >= 4 is 29.0 Å². The first-order valence-corrected chi connectivity index (χ1v) is 14.4. The second kappa shape index (κ2) is 11.7. The monoisotopic (exact) mass is 601 g/mol. The number of carbonyl (C=O) groups is 1. The summed E-state index contributed by atoms with van der Waals surface area (Å²) >= 11 is 0. The average molecular weight is 602 g/mol. The minimum Gasteiger partial charge on any atom is -0.507 e. The standard InChI is InChI=1S/C33H28FN9O2/c34-23-6-10-27(37-17-23)31-38-18-28-33(40-31)43(32(39-28)26-2-1-11-36-30(26)35)24-7-3-21(4-8-24)19-41-12-14-42(15-13-41)25-9-5-22(20-44)29(45)16-25/h1-11,16-18,20,45H,12-15,19H2,(H2,35,36). The van der Waals surface area contributed by atoms with Crippen LogP contribution in [0.25, 0.3) is 39.8 Å². The second-order valence-electron chi connectivity index (χ2n) is 10.8. The maximum atomic E-state index is 13.5. The summed E-state index contributed by atoms with van der Waals surface area (Å²) in [6.07, 6.45) is 5.05. The Balaban J connectivity index is 1.15. The predicted octanol–water partition coefficient (Wildman–Crippen LogP) is 4.50. The van der Waals surface area contributed by atoms with E-state index in [1.165, 1.54) is 6.07 Å². The number of aromatic hydroxyl groups is 1. The zero-order valence-electron chi connectivity index (χ0n) is 24.1. The molecule has 45 heavy (non-hydrogen) atoms. The molecule has 1 fully saturated rings. The lowest BCUT2D eigenvalue weighted by atomic mass is 10.1. The number of fused-ring (bicyclic) bond motifs is 1. The number of pyridine rings is 2. The van der Waals surface area contributed by atoms with E-state index in [0.717, 1.165) is 55.9 Å². The molecule has 0 aliphatic carbocycles. The lowest BCUT2D eigenvalue weighted by Gasteiger charge is -2.36. The minimum absolute atomic E-state index is 0.000120. The molecular weight excluding hydrogens is 573 g/mol. The van der Waals surface area contributed by atoms with Crippen molar-refractivity contribution in [3.05, 3.63) is 102 Å². The molecule has 5 heterocycles. The Labute approximate surface area is 257 Å². The van der Waals surface area contributed by atoms with E-state index in [9.17, 15) is 14.3 Å². The van der Waals surface area contributed by atoms with Crippen LogP contribution in [-0.2, 0) is 6.54 Å². The molecule has 6 aromatic rings. The minimum atomic E-state index is -0.438. The van der Waals surface area contributed by atoms with Gasteiger partial charge in [-0.15, -0.1) is 0 Å². The first-order valence-electron chi connectivity index (χ1n) is 14.4. The number of imidazole rings is 1. The molecule has 2 aromatic carbocycles. The summed E-state index contributed by atoms with van der Waals surface area (Å²) in [6.45, 7) is 4.09. The first-order chi connectivity index (χ1) is 22.0. The van der Waals surface area contributed by atoms with Gasteiger partial charge >= 0.3 is 0 Å². The molecule has 4 aromatic heterocycles. The highest BCUT2D eigenvalue weighted by atomic mass is 19.1. The van der Waals surface area contributed by atoms with Crippen molar-refractivity contribution in [2.45, 2.75) is 6.54 Å². The van der Waals surface area contributed by atoms with E-state index < -0.39 is 5.82 Å². The molecule has 0 radical (unpaired) electrons. The van der Waals surface area contributed by atoms with Crippen molar-refractivity contribution in [2.75, 3.05) is 36.8 Å². The summed E-state index contributed by atoms with van der Waals surface area (Å²) in [7, 11) is 0. The van der Waals surface area contributed by atoms with Crippen LogP contribution in [0.2, 0.25) is 0 Å². The Hall–Kier alpha value is -5.75. The highest BCUT2D eigenvalue weighted by Crippen LogP contribution is 2.31. The van der Waals surface area contributed by atoms with Crippen LogP contribution in [0, 0.1) is 5.82 Å². The quantitative estimate of drug-likeness (QED) is 0.252. The third kappa shape index (κ3) is 5.54. The molecule has 0 spiro atoms. The van der Waals surface area contributed by atoms with Crippen molar-refractivity contribution in [1.29, 1.82) is 0 Å². The summed E-state index contributed by atoms with van der Waals surface area (Å²) in [5.41, 5.74) is 11.7. The molecule has 11 nitrogen and oxygen atoms in total. The largest absolute Gasteiger partial charge is 0.507 e. The van der Waals surface area contributed by atoms with Gasteiger partial charge < -0.3 is 15.7 Å². The number of anilines is 2. The van der Waals surface area contributed by atoms with Crippen molar-refractivity contribution in [2.24, 2.45) is 0 Å². The number of piperazine rings is 1. The molecule has 1 aliphatic rings. The van der Waals surface area contributed by atoms with Crippen molar-refractivity contribution < 1.29 is 14.3 Å². The SMILES string of the molecule is Nc1ncccc1-c1nc2cnc(-c3ccc(F)cn3)nc2n1-c1ccc(CN2CCN(c3ccc(C=O)c(O)c3)CC2)cc1. The summed E-state index contributed by atoms with van der Waals surface area (Å²) < 4.78 is 15.4. The molecule has 0 atom stereocenters. The third-order valence-electron chi connectivity index (χ3n) is 7.92. The molecule has 0 unspecified atom stereocenters. The van der Waals surface area contributed by atoms with Crippen LogP contribution >= 0.6 is 0 Å². The molecule has 7 rings (SSSR count). The highest BCUT2D eigenvalue weighted by molar-refractivity contribution is 5.83. The number of nitrogens with two attached hydrogens (primary N) is 1. The number of aldehydes is 1. The van der Waals surface area contributed by atoms with E-state index in [1.807, 2.05) is 28.8 Å². The first kappa shape index (κ1) is 28.0. The van der Waals surface area contributed by atoms with Gasteiger partial charge in [-0.05, 0) is 54.1 Å². The van der Waals surface area contributed by atoms with Crippen molar-refractivity contribution in [3.8, 4) is 34.3 Å². The number of nitrogen functional groups attached to an aromatic ring is 1. The fourth-order valence-corrected chi connectivity index (χ4v) is 5.54. The van der Waals surface area contributed by atoms with Gasteiger partial charge in [0, 0.05) is 56.4 Å². The molecule has 0 bridgehead atoms. The number of nitrogens with zero attached hydrogens (tertiary/aromatic N) is 8. The van der Waals surface area contributed by atoms with Gasteiger partial charge in [0.2, 0.25) is 0 Å². The number of carbonyl (C=O) groups excluding carboxylic acids is 1. The molecule has 1 saturated heterocycles. The van der Waals surface area contributed by atoms with Gasteiger partial charge in [0.05, 0.1) is 23.5 Å². The van der Waals surface area contributed by atoms with Crippen molar-refractivity contribution in [3.63, 3.8) is 0 Å². The van der Waals surface area contributed by atoms with Gasteiger partial charge in [-0.2, -0.15) is 0 Å². The number of hydrogen-bond donors (Lipinski definition) is 2. The van der Waals surface area contributed by atoms with Crippen molar-refractivity contribution in [1.82, 2.24) is 34.4 Å². The molecule has 1 aliphatic heterocycles. The van der Waals surface area contributed by atoms with Crippen LogP contribution in [0.5, 0.6) is 5.75 Å². The Morgan fingerprint density at radius 2 is 1.69 bits per heavy atom. The maximum Gasteiger partial charge on any atom is 0.180 e. The summed E-state index contributed by atoms with van der Waals surface area (Å²) in [5.74, 6) is 0.824. The molecule has 0 amide bonds. The van der Waals surface area contributed by atoms with E-state index in [4.69, 9.17) is 15.7 Å². The van der Waals surface area contributed by atoms with Crippen LogP contribution in [-0.4, -0.2) is 72.0 Å². The van der Waals surface area contributed by atoms with Gasteiger partial charge in [-0.1, -0.05) is 12.1 Å². The highest BCUT2D eigenvalue weighted by Gasteiger charge is 2.21. The lowest BCUT2D eigenvalue weighted by molar-refractivity contribution is 0.112. The fraction of sp³-hybridized carbons (Fsp3) is 0.152. The van der Waals surface area contributed by atoms with E-state index in [0.29, 0.717) is 51.7 Å². The maximum absolute atomic E-state index is 13.5. The topological polar surface area (TPSA) is 139 Å². The molecular formula is C33H28FN9O2. The van der Waals surface area contributed by atoms with Crippen LogP contribution in [0.1, 0.15) is 15.9 Å². The Kier molecular flexibility index (Phi) is 7.31. The van der Waals surface area contributed by atoms with Gasteiger partial charge in [0.25, 0.3) is 0 Å². The molecule has 224 valence electrons. The average Bonchev–Trinajstić information content (AvgIpc) is 3.44. The second-order valence-corrected chi connectivity index (χ2v) is 10.8. The lowest BCUT2D eigenvalue weighted by Crippen LogP contribution is -2.45. The number of phenols is 1. The molecule has 12 heteroatoms. The van der Waals surface area contributed by atoms with Gasteiger partial charge in [0.1, 0.15) is 28.6 Å². The summed E-state index contributed by atoms with van der Waals surface area (Å²) in [6, 6.07) is 19.9. The Morgan fingerprint density at radius 1 is 0.889 bits per heavy atom. The van der Waals surface area contributed by atoms with Crippen LogP contribution in [0.3, 0.4) is 0 Å². The summed E-state index contributed by atoms with van der Waals surface area (Å²) in [5, 5.41) is 10.1. The van der Waals surface area contributed by atoms with Gasteiger partial charge in [0.15, 0.2) is 23.6 Å². The van der Waals surface area contributed by atoms with Crippen LogP contribution in [0.15, 0.2) is 85.3 Å². The Morgan fingerprint density at radius 3 is 2.40 bits per heavy atom. The van der Waals surface area contributed by atoms with E-state index in [-0.39, 0.29) is 5.75 Å². The zero-order chi connectivity index (χ0) is 30.9. The number of phenolic OH excluding ortho intramolecular Hbond substituents is 1. The third-order valence-corrected chi connectivity index (χ3v) is 7.92. The van der Waals surface area contributed by atoms with Gasteiger partial charge in [-0.25, -0.2) is 29.3 Å². The molecule has 3 N–H and O–H groups in total. The zero-order valence-corrected chi connectivity index (χ0v) is 24.1. The number of aromatic nitrogens is 6. The summed E-state index contributed by atoms with van der Waals surface area (Å²) in [4.78, 5) is 38.1. The van der Waals surface area contributed by atoms with Crippen LogP contribution in [0.4, 0.5) is 15.9 Å². The number of halogens is 1. The van der Waals surface area contributed by atoms with Gasteiger partial charge in [-0.3, -0.25) is 14.3 Å². The Bertz CT molecular complexity index is 2000. The fourth-order valence-electron chi connectivity index (χ4n) is 5.54. The predicted molar refractivity (Wildman–Crippen MR) is 168 cm³/mol.